The van der Waals surface area contributed by atoms with Crippen LogP contribution in [0.2, 0.25) is 18.1 Å². The molecule has 3 aliphatic rings. The Morgan fingerprint density at radius 2 is 1.36 bits per heavy atom. The topological polar surface area (TPSA) is 367 Å². The van der Waals surface area contributed by atoms with Crippen LogP contribution in [0.25, 0.3) is 0 Å². The van der Waals surface area contributed by atoms with Gasteiger partial charge in [0, 0.05) is 67.5 Å². The summed E-state index contributed by atoms with van der Waals surface area (Å²) in [4.78, 5) is 125. The summed E-state index contributed by atoms with van der Waals surface area (Å²) in [5.41, 5.74) is 7.21. The largest absolute Gasteiger partial charge is 0.493 e. The van der Waals surface area contributed by atoms with Crippen LogP contribution in [0.1, 0.15) is 159 Å². The molecule has 0 radical (unpaired) electrons. The van der Waals surface area contributed by atoms with Crippen LogP contribution in [-0.2, 0) is 39.7 Å². The Balaban J connectivity index is 1.12. The van der Waals surface area contributed by atoms with E-state index in [1.807, 2.05) is 13.8 Å². The number of unbranched alkanes of at least 4 members (excludes halogenated alkanes) is 4. The molecule has 1 unspecified atom stereocenters. The zero-order valence-corrected chi connectivity index (χ0v) is 66.4. The fourth-order valence-corrected chi connectivity index (χ4v) is 14.8. The lowest BCUT2D eigenvalue weighted by Gasteiger charge is -2.38. The third-order valence-corrected chi connectivity index (χ3v) is 26.1. The highest BCUT2D eigenvalue weighted by atomic mass is 33.1. The molecule has 3 aromatic carbocycles. The van der Waals surface area contributed by atoms with Crippen molar-refractivity contribution in [2.75, 3.05) is 95.1 Å². The Labute approximate surface area is 632 Å². The standard InChI is InChI=1S/C75H112N10O18S2Si/c1-47(2)66(82-63(87)23-17-15-18-31-83-64(88)28-29-65(83)89)68(91)79-56(22-21-30-77-71(76)94)67(90)78-51-26-24-50(25-27-51)44-102-73(96)81-57-39-61(59(97-11)37-54(57)69(92)84-42-49(5)36-52(84)45-103-106(13,14)74(6,7)8)99-32-19-16-20-33-100-62-40-58(80-72(95)101-34-35-104-105-48(3)4)55(38-60(62)98-12)70(93)85-46-75(9,10)41-53(85)43-86/h24-29,37-40,47-48,52-53,56,64,66,86,88H,5,15-23,30-36,41-46H2,1-4,6-14H3,(H,78,90)(H,79,91)(H,80,95)(H,81,96)(H,82,87)(H3,76,77,94)/t52-,53-,56-,64?,66-/m0/s1. The Morgan fingerprint density at radius 3 is 1.92 bits per heavy atom. The number of carbonyl (C=O) groups is 9. The molecule has 0 aliphatic carbocycles. The molecule has 28 nitrogen and oxygen atoms in total. The molecule has 10 amide bonds. The zero-order chi connectivity index (χ0) is 78.1. The Bertz CT molecular complexity index is 3560. The number of hydrogen-bond acceptors (Lipinski definition) is 20. The number of ether oxygens (including phenoxy) is 6. The van der Waals surface area contributed by atoms with Gasteiger partial charge in [0.25, 0.3) is 11.8 Å². The average Bonchev–Trinajstić information content (AvgIpc) is 1.69. The second-order valence-electron chi connectivity index (χ2n) is 29.6. The van der Waals surface area contributed by atoms with Crippen molar-refractivity contribution in [1.82, 2.24) is 30.7 Å². The van der Waals surface area contributed by atoms with Crippen LogP contribution in [0.4, 0.5) is 31.4 Å². The van der Waals surface area contributed by atoms with Crippen LogP contribution in [0, 0.1) is 11.3 Å². The van der Waals surface area contributed by atoms with Gasteiger partial charge in [-0.3, -0.25) is 39.4 Å². The van der Waals surface area contributed by atoms with Crippen molar-refractivity contribution in [2.45, 2.75) is 193 Å². The molecular formula is C75H112N10O18S2Si. The minimum Gasteiger partial charge on any atom is -0.493 e. The summed E-state index contributed by atoms with van der Waals surface area (Å²) in [6, 6.07) is 8.89. The van der Waals surface area contributed by atoms with Crippen molar-refractivity contribution in [1.29, 1.82) is 0 Å². The molecule has 5 atom stereocenters. The molecule has 3 heterocycles. The molecule has 586 valence electrons. The second-order valence-corrected chi connectivity index (χ2v) is 37.5. The van der Waals surface area contributed by atoms with Crippen molar-refractivity contribution in [3.05, 3.63) is 89.5 Å². The number of hydrogen-bond donors (Lipinski definition) is 9. The summed E-state index contributed by atoms with van der Waals surface area (Å²) >= 11 is 0. The van der Waals surface area contributed by atoms with E-state index >= 15 is 0 Å². The lowest BCUT2D eigenvalue weighted by Crippen LogP contribution is -2.54. The van der Waals surface area contributed by atoms with Crippen molar-refractivity contribution in [3.8, 4) is 23.0 Å². The van der Waals surface area contributed by atoms with Gasteiger partial charge in [0.1, 0.15) is 31.5 Å². The lowest BCUT2D eigenvalue weighted by molar-refractivity contribution is -0.132. The van der Waals surface area contributed by atoms with E-state index in [1.165, 1.54) is 49.5 Å². The molecule has 106 heavy (non-hydrogen) atoms. The summed E-state index contributed by atoms with van der Waals surface area (Å²) < 4.78 is 42.0. The van der Waals surface area contributed by atoms with Gasteiger partial charge >= 0.3 is 18.2 Å². The van der Waals surface area contributed by atoms with Gasteiger partial charge in [0.05, 0.1) is 75.2 Å². The Hall–Kier alpha value is -8.23. The number of likely N-dealkylation sites (tertiary alicyclic amines) is 2. The van der Waals surface area contributed by atoms with E-state index in [2.05, 4.69) is 86.2 Å². The monoisotopic (exact) mass is 1530 g/mol. The molecule has 0 spiro atoms. The van der Waals surface area contributed by atoms with E-state index < -0.39 is 74.5 Å². The van der Waals surface area contributed by atoms with Gasteiger partial charge in [-0.15, -0.1) is 0 Å². The van der Waals surface area contributed by atoms with Crippen LogP contribution < -0.4 is 56.6 Å². The molecule has 6 rings (SSSR count). The number of nitrogens with two attached hydrogens (primary N) is 1. The third kappa shape index (κ3) is 26.6. The SMILES string of the molecule is C=C1C[C@@H](CO[Si](C)(C)C(C)(C)C)N(C(=O)c2cc(OC)c(OCCCCCOc3cc(NC(=O)OCCSSC(C)C)c(C(=O)N4CC(C)(C)C[C@H]4CO)cc3OC)cc2NC(=O)OCc2ccc(NC(=O)[C@H](CCCNC(N)=O)NC(=O)[C@@H](NC(=O)CCCCCN3C(=O)C=CC3O)C(C)C)cc2)C1. The molecule has 0 saturated carbocycles. The van der Waals surface area contributed by atoms with Gasteiger partial charge in [-0.1, -0.05) is 115 Å². The summed E-state index contributed by atoms with van der Waals surface area (Å²) in [6.45, 7) is 28.1. The van der Waals surface area contributed by atoms with Crippen molar-refractivity contribution in [3.63, 3.8) is 0 Å². The molecule has 2 saturated heterocycles. The minimum atomic E-state index is -2.25. The Kier molecular flexibility index (Phi) is 33.7. The fourth-order valence-electron chi connectivity index (χ4n) is 11.9. The molecule has 10 N–H and O–H groups in total. The minimum absolute atomic E-state index is 0.0779. The molecule has 0 aromatic heterocycles. The van der Waals surface area contributed by atoms with Crippen LogP contribution in [0.3, 0.4) is 0 Å². The third-order valence-electron chi connectivity index (χ3n) is 18.6. The smallest absolute Gasteiger partial charge is 0.411 e. The summed E-state index contributed by atoms with van der Waals surface area (Å²) in [5, 5.41) is 37.0. The molecule has 0 bridgehead atoms. The number of nitrogens with zero attached hydrogens (tertiary/aromatic N) is 3. The maximum absolute atomic E-state index is 14.9. The maximum atomic E-state index is 14.9. The second kappa shape index (κ2) is 41.2. The van der Waals surface area contributed by atoms with Gasteiger partial charge in [-0.2, -0.15) is 0 Å². The van der Waals surface area contributed by atoms with E-state index in [1.54, 1.807) is 75.6 Å². The fraction of sp³-hybridized carbons (Fsp3) is 0.587. The van der Waals surface area contributed by atoms with Crippen LogP contribution in [0.15, 0.2) is 72.8 Å². The Morgan fingerprint density at radius 1 is 0.755 bits per heavy atom. The average molecular weight is 1530 g/mol. The first kappa shape index (κ1) is 86.7. The number of rotatable bonds is 41. The first-order valence-electron chi connectivity index (χ1n) is 36.2. The van der Waals surface area contributed by atoms with Gasteiger partial charge in [0.2, 0.25) is 23.6 Å². The van der Waals surface area contributed by atoms with Crippen LogP contribution in [-0.4, -0.2) is 202 Å². The molecule has 3 aliphatic heterocycles. The molecule has 2 fully saturated rings. The van der Waals surface area contributed by atoms with E-state index in [9.17, 15) is 53.4 Å². The number of urea groups is 1. The first-order valence-corrected chi connectivity index (χ1v) is 41.5. The van der Waals surface area contributed by atoms with Gasteiger partial charge in [-0.25, -0.2) is 14.4 Å². The van der Waals surface area contributed by atoms with Crippen molar-refractivity contribution >= 4 is 101 Å². The number of amides is 10. The van der Waals surface area contributed by atoms with Gasteiger partial charge in [-0.05, 0) is 123 Å². The highest BCUT2D eigenvalue weighted by Crippen LogP contribution is 2.42. The summed E-state index contributed by atoms with van der Waals surface area (Å²) in [5.74, 6) is -1.46. The van der Waals surface area contributed by atoms with Crippen LogP contribution >= 0.6 is 21.6 Å². The number of aliphatic hydroxyl groups excluding tert-OH is 2. The lowest BCUT2D eigenvalue weighted by atomic mass is 9.91. The number of primary amides is 1. The number of aliphatic hydroxyl groups is 2. The zero-order valence-electron chi connectivity index (χ0n) is 63.7. The predicted octanol–water partition coefficient (Wildman–Crippen LogP) is 10.7. The van der Waals surface area contributed by atoms with Crippen molar-refractivity contribution < 1.29 is 86.2 Å². The number of carbonyl (C=O) groups excluding carboxylic acids is 9. The normalized spacial score (nSPS) is 16.9. The number of methoxy groups -OCH3 is 2. The highest BCUT2D eigenvalue weighted by Gasteiger charge is 2.43. The maximum Gasteiger partial charge on any atom is 0.411 e. The number of nitrogens with one attached hydrogen (secondary N) is 6. The van der Waals surface area contributed by atoms with Crippen LogP contribution in [0.5, 0.6) is 23.0 Å². The predicted molar refractivity (Wildman–Crippen MR) is 413 cm³/mol. The van der Waals surface area contributed by atoms with E-state index in [4.69, 9.17) is 38.6 Å². The summed E-state index contributed by atoms with van der Waals surface area (Å²) in [6.07, 6.45) is 4.96. The quantitative estimate of drug-likeness (QED) is 0.0110. The highest BCUT2D eigenvalue weighted by molar-refractivity contribution is 8.76. The number of anilines is 3. The summed E-state index contributed by atoms with van der Waals surface area (Å²) in [7, 11) is 3.92. The van der Waals surface area contributed by atoms with Gasteiger partial charge in [0.15, 0.2) is 31.3 Å². The molecular weight excluding hydrogens is 1420 g/mol. The van der Waals surface area contributed by atoms with E-state index in [-0.39, 0.29) is 152 Å². The molecule has 3 aromatic rings. The van der Waals surface area contributed by atoms with Gasteiger partial charge < -0.3 is 84.8 Å². The first-order chi connectivity index (χ1) is 50.1. The van der Waals surface area contributed by atoms with E-state index in [0.29, 0.717) is 86.7 Å². The van der Waals surface area contributed by atoms with Crippen molar-refractivity contribution in [2.24, 2.45) is 17.1 Å². The molecule has 31 heteroatoms. The van der Waals surface area contributed by atoms with E-state index in [0.717, 1.165) is 5.57 Å². The number of benzene rings is 3.